The molecular formula is C9H15N3O3. The second-order valence-electron chi connectivity index (χ2n) is 3.76. The first-order valence-corrected chi connectivity index (χ1v) is 5.12. The second kappa shape index (κ2) is 4.59. The molecule has 0 aliphatic carbocycles. The van der Waals surface area contributed by atoms with Crippen LogP contribution >= 0.6 is 0 Å². The zero-order valence-electron chi connectivity index (χ0n) is 8.49. The third kappa shape index (κ3) is 2.66. The summed E-state index contributed by atoms with van der Waals surface area (Å²) in [7, 11) is 0. The first kappa shape index (κ1) is 10.4. The minimum atomic E-state index is -0.100. The Kier molecular flexibility index (Phi) is 3.17. The van der Waals surface area contributed by atoms with Crippen molar-refractivity contribution in [3.05, 3.63) is 0 Å². The summed E-state index contributed by atoms with van der Waals surface area (Å²) in [5, 5.41) is 5.73. The van der Waals surface area contributed by atoms with E-state index in [9.17, 15) is 9.59 Å². The van der Waals surface area contributed by atoms with E-state index in [1.54, 1.807) is 0 Å². The number of rotatable bonds is 3. The Balaban J connectivity index is 1.71. The molecule has 0 aromatic carbocycles. The van der Waals surface area contributed by atoms with Crippen molar-refractivity contribution >= 4 is 11.8 Å². The third-order valence-electron chi connectivity index (χ3n) is 2.58. The summed E-state index contributed by atoms with van der Waals surface area (Å²) in [5.41, 5.74) is 0. The van der Waals surface area contributed by atoms with E-state index in [0.717, 1.165) is 13.1 Å². The highest BCUT2D eigenvalue weighted by molar-refractivity contribution is 5.86. The van der Waals surface area contributed by atoms with Crippen LogP contribution in [0.1, 0.15) is 0 Å². The van der Waals surface area contributed by atoms with Crippen LogP contribution < -0.4 is 10.6 Å². The largest absolute Gasteiger partial charge is 0.366 e. The van der Waals surface area contributed by atoms with Gasteiger partial charge in [-0.05, 0) is 0 Å². The topological polar surface area (TPSA) is 70.7 Å². The second-order valence-corrected chi connectivity index (χ2v) is 3.76. The number of nitrogens with zero attached hydrogens (tertiary/aromatic N) is 1. The molecule has 2 N–H and O–H groups in total. The molecule has 0 aromatic rings. The van der Waals surface area contributed by atoms with Crippen molar-refractivity contribution in [2.75, 3.05) is 39.3 Å². The molecule has 2 aliphatic heterocycles. The van der Waals surface area contributed by atoms with Crippen molar-refractivity contribution in [3.8, 4) is 0 Å². The smallest absolute Gasteiger partial charge is 0.249 e. The van der Waals surface area contributed by atoms with E-state index >= 15 is 0 Å². The summed E-state index contributed by atoms with van der Waals surface area (Å²) in [6.07, 6.45) is 0.160. The fourth-order valence-electron chi connectivity index (χ4n) is 1.51. The average molecular weight is 213 g/mol. The SMILES string of the molecule is O=C1CN(C(=O)COC2CNC2)CCN1. The van der Waals surface area contributed by atoms with Crippen LogP contribution in [0, 0.1) is 0 Å². The quantitative estimate of drug-likeness (QED) is 0.565. The van der Waals surface area contributed by atoms with Crippen LogP contribution in [0.3, 0.4) is 0 Å². The predicted molar refractivity (Wildman–Crippen MR) is 52.2 cm³/mol. The summed E-state index contributed by atoms with van der Waals surface area (Å²) in [4.78, 5) is 24.1. The van der Waals surface area contributed by atoms with Crippen LogP contribution in [0.5, 0.6) is 0 Å². The van der Waals surface area contributed by atoms with Gasteiger partial charge in [0, 0.05) is 26.2 Å². The van der Waals surface area contributed by atoms with Crippen molar-refractivity contribution in [2.45, 2.75) is 6.10 Å². The number of nitrogens with one attached hydrogen (secondary N) is 2. The lowest BCUT2D eigenvalue weighted by atomic mass is 10.2. The highest BCUT2D eigenvalue weighted by atomic mass is 16.5. The van der Waals surface area contributed by atoms with Gasteiger partial charge in [0.15, 0.2) is 0 Å². The van der Waals surface area contributed by atoms with Crippen LogP contribution in [0.2, 0.25) is 0 Å². The highest BCUT2D eigenvalue weighted by Gasteiger charge is 2.23. The van der Waals surface area contributed by atoms with Crippen LogP contribution in [-0.2, 0) is 14.3 Å². The van der Waals surface area contributed by atoms with Crippen LogP contribution in [0.4, 0.5) is 0 Å². The standard InChI is InChI=1S/C9H15N3O3/c13-8-5-12(2-1-11-8)9(14)6-15-7-3-10-4-7/h7,10H,1-6H2,(H,11,13). The van der Waals surface area contributed by atoms with Gasteiger partial charge in [0.25, 0.3) is 0 Å². The maximum absolute atomic E-state index is 11.6. The fourth-order valence-corrected chi connectivity index (χ4v) is 1.51. The molecule has 0 spiro atoms. The first-order chi connectivity index (χ1) is 7.25. The average Bonchev–Trinajstić information content (AvgIpc) is 2.15. The maximum atomic E-state index is 11.6. The van der Waals surface area contributed by atoms with Gasteiger partial charge in [-0.25, -0.2) is 0 Å². The Bertz CT molecular complexity index is 265. The highest BCUT2D eigenvalue weighted by Crippen LogP contribution is 2.00. The number of hydrogen-bond donors (Lipinski definition) is 2. The number of amides is 2. The molecule has 2 heterocycles. The molecule has 0 radical (unpaired) electrons. The molecule has 0 bridgehead atoms. The molecular weight excluding hydrogens is 198 g/mol. The van der Waals surface area contributed by atoms with Gasteiger partial charge >= 0.3 is 0 Å². The molecule has 0 atom stereocenters. The lowest BCUT2D eigenvalue weighted by Gasteiger charge is -2.30. The van der Waals surface area contributed by atoms with E-state index in [4.69, 9.17) is 4.74 Å². The maximum Gasteiger partial charge on any atom is 0.249 e. The molecule has 2 rings (SSSR count). The van der Waals surface area contributed by atoms with Gasteiger partial charge in [-0.15, -0.1) is 0 Å². The molecule has 0 unspecified atom stereocenters. The van der Waals surface area contributed by atoms with Gasteiger partial charge in [0.2, 0.25) is 11.8 Å². The van der Waals surface area contributed by atoms with Gasteiger partial charge in [-0.3, -0.25) is 9.59 Å². The van der Waals surface area contributed by atoms with E-state index in [-0.39, 0.29) is 31.1 Å². The first-order valence-electron chi connectivity index (χ1n) is 5.12. The summed E-state index contributed by atoms with van der Waals surface area (Å²) >= 11 is 0. The van der Waals surface area contributed by atoms with Gasteiger partial charge in [0.05, 0.1) is 12.6 Å². The monoisotopic (exact) mass is 213 g/mol. The Morgan fingerprint density at radius 2 is 2.33 bits per heavy atom. The molecule has 2 aliphatic rings. The van der Waals surface area contributed by atoms with E-state index in [1.165, 1.54) is 4.90 Å². The molecule has 2 saturated heterocycles. The summed E-state index contributed by atoms with van der Waals surface area (Å²) in [5.74, 6) is -0.198. The number of hydrogen-bond acceptors (Lipinski definition) is 4. The minimum absolute atomic E-state index is 0.0830. The number of piperazine rings is 1. The Hall–Kier alpha value is -1.14. The lowest BCUT2D eigenvalue weighted by Crippen LogP contribution is -2.53. The van der Waals surface area contributed by atoms with E-state index in [1.807, 2.05) is 0 Å². The fraction of sp³-hybridized carbons (Fsp3) is 0.778. The van der Waals surface area contributed by atoms with Gasteiger partial charge in [-0.1, -0.05) is 0 Å². The van der Waals surface area contributed by atoms with Crippen LogP contribution in [0.15, 0.2) is 0 Å². The molecule has 0 saturated carbocycles. The Morgan fingerprint density at radius 1 is 1.53 bits per heavy atom. The zero-order chi connectivity index (χ0) is 10.7. The zero-order valence-corrected chi connectivity index (χ0v) is 8.49. The molecule has 0 aromatic heterocycles. The molecule has 2 amide bonds. The molecule has 84 valence electrons. The molecule has 6 heteroatoms. The van der Waals surface area contributed by atoms with Crippen LogP contribution in [0.25, 0.3) is 0 Å². The summed E-state index contributed by atoms with van der Waals surface area (Å²) in [6.45, 7) is 2.98. The molecule has 2 fully saturated rings. The normalized spacial score (nSPS) is 22.1. The van der Waals surface area contributed by atoms with Crippen molar-refractivity contribution in [1.82, 2.24) is 15.5 Å². The molecule has 15 heavy (non-hydrogen) atoms. The number of carbonyl (C=O) groups is 2. The third-order valence-corrected chi connectivity index (χ3v) is 2.58. The molecule has 6 nitrogen and oxygen atoms in total. The Labute approximate surface area is 87.9 Å². The van der Waals surface area contributed by atoms with Crippen LogP contribution in [-0.4, -0.2) is 62.1 Å². The van der Waals surface area contributed by atoms with Crippen molar-refractivity contribution < 1.29 is 14.3 Å². The predicted octanol–water partition coefficient (Wildman–Crippen LogP) is -2.07. The van der Waals surface area contributed by atoms with E-state index < -0.39 is 0 Å². The van der Waals surface area contributed by atoms with Gasteiger partial charge in [-0.2, -0.15) is 0 Å². The summed E-state index contributed by atoms with van der Waals surface area (Å²) < 4.78 is 5.34. The Morgan fingerprint density at radius 3 is 2.93 bits per heavy atom. The van der Waals surface area contributed by atoms with Crippen molar-refractivity contribution in [2.24, 2.45) is 0 Å². The van der Waals surface area contributed by atoms with E-state index in [0.29, 0.717) is 13.1 Å². The minimum Gasteiger partial charge on any atom is -0.366 e. The lowest BCUT2D eigenvalue weighted by molar-refractivity contribution is -0.144. The van der Waals surface area contributed by atoms with Crippen molar-refractivity contribution in [1.29, 1.82) is 0 Å². The van der Waals surface area contributed by atoms with E-state index in [2.05, 4.69) is 10.6 Å². The number of carbonyl (C=O) groups excluding carboxylic acids is 2. The summed E-state index contributed by atoms with van der Waals surface area (Å²) in [6, 6.07) is 0. The van der Waals surface area contributed by atoms with Gasteiger partial charge in [0.1, 0.15) is 6.61 Å². The van der Waals surface area contributed by atoms with Gasteiger partial charge < -0.3 is 20.3 Å². The number of ether oxygens (including phenoxy) is 1. The van der Waals surface area contributed by atoms with Crippen molar-refractivity contribution in [3.63, 3.8) is 0 Å².